The van der Waals surface area contributed by atoms with Gasteiger partial charge in [0.15, 0.2) is 0 Å². The Labute approximate surface area is 544 Å². The number of rotatable bonds is 0. The number of benzene rings is 6. The Morgan fingerprint density at radius 2 is 0.789 bits per heavy atom. The zero-order valence-electron chi connectivity index (χ0n) is 59.5. The van der Waals surface area contributed by atoms with E-state index < -0.39 is 34.1 Å². The van der Waals surface area contributed by atoms with Crippen molar-refractivity contribution in [2.75, 3.05) is 0 Å². The normalized spacial score (nSPS) is 17.2. The fourth-order valence-electron chi connectivity index (χ4n) is 12.0. The van der Waals surface area contributed by atoms with Crippen molar-refractivity contribution in [3.8, 4) is 11.5 Å². The van der Waals surface area contributed by atoms with Crippen molar-refractivity contribution < 1.29 is 48.4 Å². The summed E-state index contributed by atoms with van der Waals surface area (Å²) in [4.78, 5) is 0. The molecule has 6 heterocycles. The van der Waals surface area contributed by atoms with E-state index in [2.05, 4.69) is 232 Å². The zero-order valence-corrected chi connectivity index (χ0v) is 59.5. The van der Waals surface area contributed by atoms with Crippen LogP contribution in [0.1, 0.15) is 233 Å². The van der Waals surface area contributed by atoms with E-state index in [-0.39, 0.29) is 57.1 Å². The molecule has 0 saturated carbocycles. The molecule has 0 unspecified atom stereocenters. The van der Waals surface area contributed by atoms with Gasteiger partial charge in [0.05, 0.1) is 18.8 Å². The third-order valence-electron chi connectivity index (χ3n) is 18.7. The smallest absolute Gasteiger partial charge is 0.527 e. The maximum absolute atomic E-state index is 10.1. The van der Waals surface area contributed by atoms with Gasteiger partial charge in [-0.2, -0.15) is 0 Å². The molecule has 0 amide bonds. The Kier molecular flexibility index (Phi) is 21.3. The van der Waals surface area contributed by atoms with E-state index >= 15 is 0 Å². The van der Waals surface area contributed by atoms with Crippen LogP contribution < -0.4 is 31.2 Å². The maximum Gasteiger partial charge on any atom is 0.527 e. The van der Waals surface area contributed by atoms with Crippen molar-refractivity contribution in [2.24, 2.45) is 0 Å². The van der Waals surface area contributed by atoms with E-state index in [1.165, 1.54) is 44.5 Å². The molecule has 12 rings (SSSR count). The fourth-order valence-corrected chi connectivity index (χ4v) is 12.0. The van der Waals surface area contributed by atoms with Crippen LogP contribution in [0.15, 0.2) is 109 Å². The highest BCUT2D eigenvalue weighted by atomic mass is 16.5. The van der Waals surface area contributed by atoms with Crippen LogP contribution in [0.3, 0.4) is 0 Å². The molecule has 10 nitrogen and oxygen atoms in total. The highest BCUT2D eigenvalue weighted by Gasteiger charge is 2.44. The third kappa shape index (κ3) is 17.0. The van der Waals surface area contributed by atoms with Crippen molar-refractivity contribution in [3.05, 3.63) is 176 Å². The molecule has 0 radical (unpaired) electrons. The van der Waals surface area contributed by atoms with Gasteiger partial charge in [0.2, 0.25) is 0 Å². The molecule has 0 spiro atoms. The molecule has 0 bridgehead atoms. The molecule has 90 heavy (non-hydrogen) atoms. The quantitative estimate of drug-likeness (QED) is 0.0932. The van der Waals surface area contributed by atoms with Crippen molar-refractivity contribution in [1.82, 2.24) is 0 Å². The van der Waals surface area contributed by atoms with Crippen LogP contribution in [-0.4, -0.2) is 67.4 Å². The van der Waals surface area contributed by atoms with Crippen molar-refractivity contribution >= 4 is 64.2 Å². The summed E-state index contributed by atoms with van der Waals surface area (Å²) in [6.07, 6.45) is 1.45. The summed E-state index contributed by atoms with van der Waals surface area (Å²) in [5.74, 6) is 1.91. The van der Waals surface area contributed by atoms with Crippen molar-refractivity contribution in [2.45, 2.75) is 248 Å². The SMILES string of the molecule is CB1Oc2cc(C(C)(C)C)ccc2C1(C)C.CC(C)(C)c1ccc2c(c1)B(O)CC2(C)C.CC(C)(C)c1ccc2c(c1)B(O)OC2.CC(C)(C)c1ccc2c(c1)C(C)(C)OB2O.CC(C)(C)c1ccc2c(c1)COB2O.CC(C)(C)c1ccc2c(c1)OB(O)C2. The Bertz CT molecular complexity index is 3500. The Balaban J connectivity index is 0.000000154. The van der Waals surface area contributed by atoms with Gasteiger partial charge in [0, 0.05) is 11.6 Å². The second kappa shape index (κ2) is 26.4. The molecule has 6 aliphatic rings. The minimum Gasteiger partial charge on any atom is -0.560 e. The van der Waals surface area contributed by atoms with E-state index in [1.807, 2.05) is 50.2 Å². The van der Waals surface area contributed by atoms with E-state index in [9.17, 15) is 25.1 Å². The van der Waals surface area contributed by atoms with Crippen LogP contribution in [0.2, 0.25) is 13.1 Å². The first kappa shape index (κ1) is 72.4. The first-order valence-corrected chi connectivity index (χ1v) is 32.6. The van der Waals surface area contributed by atoms with Gasteiger partial charge in [-0.1, -0.05) is 249 Å². The van der Waals surface area contributed by atoms with Crippen LogP contribution in [0.25, 0.3) is 0 Å². The summed E-state index contributed by atoms with van der Waals surface area (Å²) >= 11 is 0. The Hall–Kier alpha value is -5.01. The van der Waals surface area contributed by atoms with Gasteiger partial charge >= 0.3 is 42.3 Å². The summed E-state index contributed by atoms with van der Waals surface area (Å²) in [5, 5.41) is 48.4. The van der Waals surface area contributed by atoms with Gasteiger partial charge in [0.25, 0.3) is 0 Å². The minimum atomic E-state index is -0.779. The monoisotopic (exact) mass is 1220 g/mol. The standard InChI is InChI=1S/2C14H21BO.C13H19BO2.3C11H15BO2/c1-13(2,3)10-7-8-11-12(9-10)16-15(6)14(11,4)5;1-13(2,3)10-6-7-11-12(8-10)15(16)9-14(11,4)5;1-12(2,3)9-6-7-11-10(8-9)13(4,5)16-14(11)15;1-11(2,3)9-4-5-10-8(6-9)7-14-12(10)13;1-11(2,3)9-5-4-8-7-14-12(13)10(8)6-9;1-11(2,3)9-5-4-8-7-12(13)14-10(8)6-9/h7-9H,1-6H3;6-8,16H,9H2,1-5H3;6-8,15H,1-5H3;3*4-6,13H,7H2,1-3H3. The minimum absolute atomic E-state index is 0.116. The second-order valence-electron chi connectivity index (χ2n) is 33.6. The number of fused-ring (bicyclic) bond motifs is 6. The van der Waals surface area contributed by atoms with Crippen LogP contribution in [0.4, 0.5) is 0 Å². The summed E-state index contributed by atoms with van der Waals surface area (Å²) in [7, 11) is -2.88. The molecule has 16 heteroatoms. The second-order valence-corrected chi connectivity index (χ2v) is 33.6. The number of hydrogen-bond donors (Lipinski definition) is 5. The van der Waals surface area contributed by atoms with Crippen LogP contribution in [0.5, 0.6) is 11.5 Å². The van der Waals surface area contributed by atoms with Crippen LogP contribution in [0, 0.1) is 0 Å². The van der Waals surface area contributed by atoms with E-state index in [1.54, 1.807) is 0 Å². The predicted octanol–water partition coefficient (Wildman–Crippen LogP) is 12.6. The molecular weight excluding hydrogens is 1110 g/mol. The summed E-state index contributed by atoms with van der Waals surface area (Å²) in [5.41, 5.74) is 19.2. The zero-order chi connectivity index (χ0) is 67.4. The predicted molar refractivity (Wildman–Crippen MR) is 380 cm³/mol. The lowest BCUT2D eigenvalue weighted by atomic mass is 9.48. The lowest BCUT2D eigenvalue weighted by Gasteiger charge is -2.24. The van der Waals surface area contributed by atoms with Crippen LogP contribution in [-0.2, 0) is 82.3 Å². The largest absolute Gasteiger partial charge is 0.560 e. The summed E-state index contributed by atoms with van der Waals surface area (Å²) in [6, 6.07) is 38.1. The van der Waals surface area contributed by atoms with Crippen LogP contribution >= 0.6 is 0 Å². The molecule has 480 valence electrons. The number of hydrogen-bond acceptors (Lipinski definition) is 10. The summed E-state index contributed by atoms with van der Waals surface area (Å²) in [6.45, 7) is 55.5. The highest BCUT2D eigenvalue weighted by Crippen LogP contribution is 2.43. The van der Waals surface area contributed by atoms with Gasteiger partial charge in [-0.3, -0.25) is 0 Å². The average molecular weight is 1220 g/mol. The molecule has 6 aliphatic heterocycles. The molecule has 0 aliphatic carbocycles. The van der Waals surface area contributed by atoms with E-state index in [0.29, 0.717) is 19.5 Å². The Morgan fingerprint density at radius 1 is 0.378 bits per heavy atom. The lowest BCUT2D eigenvalue weighted by molar-refractivity contribution is 0.101. The molecule has 0 aromatic heterocycles. The molecule has 6 aromatic rings. The topological polar surface area (TPSA) is 147 Å². The molecular formula is C74H106B6O10. The highest BCUT2D eigenvalue weighted by molar-refractivity contribution is 6.68. The molecule has 0 fully saturated rings. The van der Waals surface area contributed by atoms with E-state index in [0.717, 1.165) is 61.9 Å². The molecule has 0 atom stereocenters. The molecule has 0 saturated heterocycles. The maximum atomic E-state index is 10.1. The first-order valence-electron chi connectivity index (χ1n) is 32.6. The first-order chi connectivity index (χ1) is 41.1. The summed E-state index contributed by atoms with van der Waals surface area (Å²) < 4.78 is 27.1. The molecule has 5 N–H and O–H groups in total. The van der Waals surface area contributed by atoms with Gasteiger partial charge in [0.1, 0.15) is 11.5 Å². The third-order valence-corrected chi connectivity index (χ3v) is 18.7. The van der Waals surface area contributed by atoms with Gasteiger partial charge in [-0.25, -0.2) is 0 Å². The fraction of sp³-hybridized carbons (Fsp3) is 0.514. The van der Waals surface area contributed by atoms with Crippen molar-refractivity contribution in [1.29, 1.82) is 0 Å². The average Bonchev–Trinajstić information content (AvgIpc) is 1.67. The van der Waals surface area contributed by atoms with E-state index in [4.69, 9.17) is 23.3 Å². The Morgan fingerprint density at radius 3 is 1.32 bits per heavy atom. The molecule has 6 aromatic carbocycles. The van der Waals surface area contributed by atoms with Gasteiger partial charge < -0.3 is 48.4 Å². The van der Waals surface area contributed by atoms with Crippen molar-refractivity contribution in [3.63, 3.8) is 0 Å². The lowest BCUT2D eigenvalue weighted by Crippen LogP contribution is -2.33. The van der Waals surface area contributed by atoms with Gasteiger partial charge in [-0.15, -0.1) is 0 Å². The van der Waals surface area contributed by atoms with Gasteiger partial charge in [-0.05, 0) is 166 Å².